The zero-order valence-corrected chi connectivity index (χ0v) is 12.8. The van der Waals surface area contributed by atoms with Crippen molar-refractivity contribution in [2.45, 2.75) is 20.3 Å². The molecule has 0 fully saturated rings. The molecule has 0 saturated heterocycles. The molecule has 2 N–H and O–H groups in total. The lowest BCUT2D eigenvalue weighted by Gasteiger charge is -2.08. The highest BCUT2D eigenvalue weighted by Crippen LogP contribution is 2.20. The molecule has 2 rings (SSSR count). The number of anilines is 1. The molecule has 21 heavy (non-hydrogen) atoms. The number of amides is 1. The van der Waals surface area contributed by atoms with Crippen LogP contribution in [0.5, 0.6) is 0 Å². The predicted octanol–water partition coefficient (Wildman–Crippen LogP) is 2.75. The van der Waals surface area contributed by atoms with E-state index in [0.29, 0.717) is 17.1 Å². The van der Waals surface area contributed by atoms with Crippen molar-refractivity contribution in [3.05, 3.63) is 46.0 Å². The van der Waals surface area contributed by atoms with Crippen molar-refractivity contribution in [2.75, 3.05) is 11.9 Å². The van der Waals surface area contributed by atoms with Crippen molar-refractivity contribution >= 4 is 22.4 Å². The zero-order chi connectivity index (χ0) is 15.2. The Hall–Kier alpha value is -2.16. The van der Waals surface area contributed by atoms with Crippen molar-refractivity contribution in [3.8, 4) is 11.8 Å². The van der Waals surface area contributed by atoms with Gasteiger partial charge in [0.2, 0.25) is 0 Å². The normalized spacial score (nSPS) is 9.86. The molecule has 0 bridgehead atoms. The molecular weight excluding hydrogens is 284 g/mol. The number of benzene rings is 1. The first-order valence-corrected chi connectivity index (χ1v) is 7.36. The second-order valence-corrected chi connectivity index (χ2v) is 5.56. The van der Waals surface area contributed by atoms with Gasteiger partial charge in [0.25, 0.3) is 5.91 Å². The van der Waals surface area contributed by atoms with E-state index in [0.717, 1.165) is 16.0 Å². The number of aromatic nitrogens is 1. The van der Waals surface area contributed by atoms with E-state index in [4.69, 9.17) is 5.11 Å². The van der Waals surface area contributed by atoms with Crippen molar-refractivity contribution in [1.29, 1.82) is 0 Å². The van der Waals surface area contributed by atoms with Gasteiger partial charge < -0.3 is 5.11 Å². The second kappa shape index (κ2) is 7.02. The maximum absolute atomic E-state index is 12.3. The minimum atomic E-state index is -0.158. The van der Waals surface area contributed by atoms with Gasteiger partial charge >= 0.3 is 0 Å². The van der Waals surface area contributed by atoms with Crippen LogP contribution in [-0.2, 0) is 0 Å². The van der Waals surface area contributed by atoms with Gasteiger partial charge in [-0.05, 0) is 25.0 Å². The van der Waals surface area contributed by atoms with Gasteiger partial charge in [-0.3, -0.25) is 10.1 Å². The molecule has 1 heterocycles. The van der Waals surface area contributed by atoms with Crippen molar-refractivity contribution in [2.24, 2.45) is 0 Å². The number of carbonyl (C=O) groups is 1. The summed E-state index contributed by atoms with van der Waals surface area (Å²) < 4.78 is 0. The number of hydrogen-bond acceptors (Lipinski definition) is 4. The molecule has 1 aromatic carbocycles. The van der Waals surface area contributed by atoms with E-state index in [1.54, 1.807) is 6.20 Å². The minimum absolute atomic E-state index is 0.0436. The third-order valence-electron chi connectivity index (χ3n) is 2.88. The molecule has 0 radical (unpaired) electrons. The van der Waals surface area contributed by atoms with Gasteiger partial charge in [-0.15, -0.1) is 0 Å². The van der Waals surface area contributed by atoms with Crippen LogP contribution >= 0.6 is 11.3 Å². The number of aryl methyl sites for hydroxylation is 2. The summed E-state index contributed by atoms with van der Waals surface area (Å²) >= 11 is 1.32. The van der Waals surface area contributed by atoms with E-state index >= 15 is 0 Å². The van der Waals surface area contributed by atoms with Crippen molar-refractivity contribution < 1.29 is 9.90 Å². The standard InChI is InChI=1S/C16H16N2O2S/c1-11-6-5-7-12(2)14(11)15(20)18-16-17-10-13(21-16)8-3-4-9-19/h5-7,10,19H,4,9H2,1-2H3,(H,17,18,20). The summed E-state index contributed by atoms with van der Waals surface area (Å²) in [4.78, 5) is 17.2. The first-order valence-electron chi connectivity index (χ1n) is 6.55. The van der Waals surface area contributed by atoms with E-state index in [2.05, 4.69) is 22.1 Å². The third-order valence-corrected chi connectivity index (χ3v) is 3.71. The highest BCUT2D eigenvalue weighted by atomic mass is 32.1. The lowest BCUT2D eigenvalue weighted by atomic mass is 10.0. The molecule has 0 aliphatic carbocycles. The smallest absolute Gasteiger partial charge is 0.257 e. The summed E-state index contributed by atoms with van der Waals surface area (Å²) in [6.45, 7) is 3.87. The van der Waals surface area contributed by atoms with Crippen LogP contribution < -0.4 is 5.32 Å². The first kappa shape index (κ1) is 15.2. The average molecular weight is 300 g/mol. The second-order valence-electron chi connectivity index (χ2n) is 4.53. The van der Waals surface area contributed by atoms with Gasteiger partial charge in [0.05, 0.1) is 17.7 Å². The summed E-state index contributed by atoms with van der Waals surface area (Å²) in [6.07, 6.45) is 2.05. The fourth-order valence-corrected chi connectivity index (χ4v) is 2.61. The number of thiazole rings is 1. The highest BCUT2D eigenvalue weighted by Gasteiger charge is 2.13. The van der Waals surface area contributed by atoms with Crippen LogP contribution in [0.1, 0.15) is 32.8 Å². The summed E-state index contributed by atoms with van der Waals surface area (Å²) in [5, 5.41) is 12.0. The molecule has 0 aliphatic heterocycles. The van der Waals surface area contributed by atoms with Crippen molar-refractivity contribution in [3.63, 3.8) is 0 Å². The van der Waals surface area contributed by atoms with Gasteiger partial charge in [0.1, 0.15) is 0 Å². The zero-order valence-electron chi connectivity index (χ0n) is 11.9. The average Bonchev–Trinajstić information content (AvgIpc) is 2.86. The Kier molecular flexibility index (Phi) is 5.09. The van der Waals surface area contributed by atoms with Gasteiger partial charge in [0, 0.05) is 12.0 Å². The summed E-state index contributed by atoms with van der Waals surface area (Å²) in [7, 11) is 0. The monoisotopic (exact) mass is 300 g/mol. The Balaban J connectivity index is 2.12. The van der Waals surface area contributed by atoms with E-state index < -0.39 is 0 Å². The summed E-state index contributed by atoms with van der Waals surface area (Å²) in [5.74, 6) is 5.56. The topological polar surface area (TPSA) is 62.2 Å². The number of hydrogen-bond donors (Lipinski definition) is 2. The molecule has 108 valence electrons. The SMILES string of the molecule is Cc1cccc(C)c1C(=O)Nc1ncc(C#CCCO)s1. The number of carbonyl (C=O) groups excluding carboxylic acids is 1. The van der Waals surface area contributed by atoms with Crippen LogP contribution in [0, 0.1) is 25.7 Å². The maximum Gasteiger partial charge on any atom is 0.257 e. The van der Waals surface area contributed by atoms with E-state index in [-0.39, 0.29) is 12.5 Å². The number of rotatable bonds is 3. The Morgan fingerprint density at radius 2 is 2.10 bits per heavy atom. The van der Waals surface area contributed by atoms with Crippen molar-refractivity contribution in [1.82, 2.24) is 4.98 Å². The first-order chi connectivity index (χ1) is 10.1. The number of nitrogens with zero attached hydrogens (tertiary/aromatic N) is 1. The fraction of sp³-hybridized carbons (Fsp3) is 0.250. The van der Waals surface area contributed by atoms with Crippen LogP contribution in [0.2, 0.25) is 0 Å². The molecular formula is C16H16N2O2S. The largest absolute Gasteiger partial charge is 0.395 e. The van der Waals surface area contributed by atoms with Crippen LogP contribution in [0.25, 0.3) is 0 Å². The molecule has 5 heteroatoms. The van der Waals surface area contributed by atoms with Gasteiger partial charge in [0.15, 0.2) is 5.13 Å². The van der Waals surface area contributed by atoms with Gasteiger partial charge in [-0.2, -0.15) is 0 Å². The molecule has 0 aliphatic rings. The molecule has 0 unspecified atom stereocenters. The molecule has 0 saturated carbocycles. The van der Waals surface area contributed by atoms with Gasteiger partial charge in [-0.1, -0.05) is 41.4 Å². The molecule has 1 amide bonds. The Morgan fingerprint density at radius 3 is 2.76 bits per heavy atom. The lowest BCUT2D eigenvalue weighted by molar-refractivity contribution is 0.102. The predicted molar refractivity (Wildman–Crippen MR) is 84.6 cm³/mol. The molecule has 1 aromatic heterocycles. The van der Waals surface area contributed by atoms with Crippen LogP contribution in [0.15, 0.2) is 24.4 Å². The molecule has 0 spiro atoms. The van der Waals surface area contributed by atoms with Crippen LogP contribution in [0.4, 0.5) is 5.13 Å². The van der Waals surface area contributed by atoms with Crippen LogP contribution in [0.3, 0.4) is 0 Å². The number of nitrogens with one attached hydrogen (secondary N) is 1. The Bertz CT molecular complexity index is 690. The Labute approximate surface area is 127 Å². The molecule has 2 aromatic rings. The Morgan fingerprint density at radius 1 is 1.38 bits per heavy atom. The summed E-state index contributed by atoms with van der Waals surface area (Å²) in [5.41, 5.74) is 2.56. The fourth-order valence-electron chi connectivity index (χ4n) is 1.93. The minimum Gasteiger partial charge on any atom is -0.395 e. The van der Waals surface area contributed by atoms with Crippen LogP contribution in [-0.4, -0.2) is 22.6 Å². The van der Waals surface area contributed by atoms with Gasteiger partial charge in [-0.25, -0.2) is 4.98 Å². The van der Waals surface area contributed by atoms with E-state index in [1.165, 1.54) is 11.3 Å². The van der Waals surface area contributed by atoms with E-state index in [9.17, 15) is 4.79 Å². The number of aliphatic hydroxyl groups is 1. The maximum atomic E-state index is 12.3. The number of aliphatic hydroxyl groups excluding tert-OH is 1. The summed E-state index contributed by atoms with van der Waals surface area (Å²) in [6, 6.07) is 5.75. The third kappa shape index (κ3) is 3.91. The lowest BCUT2D eigenvalue weighted by Crippen LogP contribution is -2.14. The molecule has 4 nitrogen and oxygen atoms in total. The van der Waals surface area contributed by atoms with E-state index in [1.807, 2.05) is 32.0 Å². The quantitative estimate of drug-likeness (QED) is 0.857. The highest BCUT2D eigenvalue weighted by molar-refractivity contribution is 7.16. The molecule has 0 atom stereocenters.